The Hall–Kier alpha value is -1.55. The topological polar surface area (TPSA) is 50.4 Å². The maximum absolute atomic E-state index is 11.8. The van der Waals surface area contributed by atoms with E-state index in [-0.39, 0.29) is 11.8 Å². The third kappa shape index (κ3) is 4.04. The molecule has 100 valence electrons. The van der Waals surface area contributed by atoms with Gasteiger partial charge in [-0.05, 0) is 25.6 Å². The van der Waals surface area contributed by atoms with Gasteiger partial charge < -0.3 is 15.4 Å². The second-order valence-electron chi connectivity index (χ2n) is 4.49. The van der Waals surface area contributed by atoms with E-state index in [1.807, 2.05) is 39.1 Å². The highest BCUT2D eigenvalue weighted by Crippen LogP contribution is 2.19. The minimum absolute atomic E-state index is 0.0357. The van der Waals surface area contributed by atoms with E-state index in [0.29, 0.717) is 13.1 Å². The molecular weight excluding hydrogens is 228 g/mol. The molecule has 0 aromatic heterocycles. The molecular formula is C14H22N2O2. The molecule has 0 saturated heterocycles. The van der Waals surface area contributed by atoms with Crippen LogP contribution in [0.2, 0.25) is 0 Å². The van der Waals surface area contributed by atoms with Gasteiger partial charge in [0.2, 0.25) is 5.91 Å². The lowest BCUT2D eigenvalue weighted by molar-refractivity contribution is -0.124. The third-order valence-electron chi connectivity index (χ3n) is 2.85. The smallest absolute Gasteiger partial charge is 0.224 e. The van der Waals surface area contributed by atoms with Crippen molar-refractivity contribution in [2.75, 3.05) is 20.7 Å². The van der Waals surface area contributed by atoms with Gasteiger partial charge in [-0.2, -0.15) is 0 Å². The molecule has 4 heteroatoms. The summed E-state index contributed by atoms with van der Waals surface area (Å²) < 4.78 is 5.30. The normalized spacial score (nSPS) is 12.0. The molecule has 0 fully saturated rings. The molecule has 0 saturated carbocycles. The standard InChI is InChI=1S/C14H22N2O2/c1-10-5-6-12(13(7-10)18-4)9-16-14(17)11(2)8-15-3/h5-7,11,15H,8-9H2,1-4H3,(H,16,17). The number of hydrogen-bond donors (Lipinski definition) is 2. The zero-order chi connectivity index (χ0) is 13.5. The van der Waals surface area contributed by atoms with Crippen LogP contribution in [0.1, 0.15) is 18.1 Å². The zero-order valence-electron chi connectivity index (χ0n) is 11.5. The highest BCUT2D eigenvalue weighted by molar-refractivity contribution is 5.78. The van der Waals surface area contributed by atoms with Crippen LogP contribution in [0.3, 0.4) is 0 Å². The van der Waals surface area contributed by atoms with Gasteiger partial charge in [0.25, 0.3) is 0 Å². The van der Waals surface area contributed by atoms with Crippen molar-refractivity contribution in [3.05, 3.63) is 29.3 Å². The molecule has 0 radical (unpaired) electrons. The van der Waals surface area contributed by atoms with Crippen LogP contribution < -0.4 is 15.4 Å². The fraction of sp³-hybridized carbons (Fsp3) is 0.500. The molecule has 1 aromatic rings. The average Bonchev–Trinajstić information content (AvgIpc) is 2.37. The first-order valence-electron chi connectivity index (χ1n) is 6.14. The van der Waals surface area contributed by atoms with Crippen molar-refractivity contribution in [3.63, 3.8) is 0 Å². The van der Waals surface area contributed by atoms with E-state index in [0.717, 1.165) is 16.9 Å². The molecule has 0 aliphatic heterocycles. The van der Waals surface area contributed by atoms with E-state index in [1.54, 1.807) is 7.11 Å². The van der Waals surface area contributed by atoms with Crippen LogP contribution in [0.4, 0.5) is 0 Å². The Kier molecular flexibility index (Phi) is 5.65. The molecule has 0 spiro atoms. The zero-order valence-corrected chi connectivity index (χ0v) is 11.5. The van der Waals surface area contributed by atoms with E-state index >= 15 is 0 Å². The molecule has 1 aromatic carbocycles. The molecule has 1 amide bonds. The second-order valence-corrected chi connectivity index (χ2v) is 4.49. The fourth-order valence-electron chi connectivity index (χ4n) is 1.75. The second kappa shape index (κ2) is 7.01. The number of rotatable bonds is 6. The quantitative estimate of drug-likeness (QED) is 0.804. The monoisotopic (exact) mass is 250 g/mol. The number of hydrogen-bond acceptors (Lipinski definition) is 3. The lowest BCUT2D eigenvalue weighted by Gasteiger charge is -2.13. The van der Waals surface area contributed by atoms with Crippen molar-refractivity contribution in [1.82, 2.24) is 10.6 Å². The Labute approximate surface area is 109 Å². The molecule has 2 N–H and O–H groups in total. The van der Waals surface area contributed by atoms with Crippen molar-refractivity contribution >= 4 is 5.91 Å². The summed E-state index contributed by atoms with van der Waals surface area (Å²) in [7, 11) is 3.48. The van der Waals surface area contributed by atoms with Crippen LogP contribution in [0, 0.1) is 12.8 Å². The van der Waals surface area contributed by atoms with Gasteiger partial charge in [-0.15, -0.1) is 0 Å². The minimum atomic E-state index is -0.0357. The molecule has 0 bridgehead atoms. The molecule has 0 heterocycles. The molecule has 1 rings (SSSR count). The van der Waals surface area contributed by atoms with Crippen molar-refractivity contribution < 1.29 is 9.53 Å². The number of ether oxygens (including phenoxy) is 1. The Morgan fingerprint density at radius 1 is 1.44 bits per heavy atom. The number of methoxy groups -OCH3 is 1. The first-order valence-corrected chi connectivity index (χ1v) is 6.14. The Balaban J connectivity index is 2.60. The summed E-state index contributed by atoms with van der Waals surface area (Å²) in [6.07, 6.45) is 0. The molecule has 18 heavy (non-hydrogen) atoms. The van der Waals surface area contributed by atoms with Crippen LogP contribution in [0.5, 0.6) is 5.75 Å². The minimum Gasteiger partial charge on any atom is -0.496 e. The predicted molar refractivity (Wildman–Crippen MR) is 72.7 cm³/mol. The van der Waals surface area contributed by atoms with E-state index in [1.165, 1.54) is 0 Å². The van der Waals surface area contributed by atoms with E-state index in [2.05, 4.69) is 10.6 Å². The highest BCUT2D eigenvalue weighted by Gasteiger charge is 2.12. The number of amides is 1. The van der Waals surface area contributed by atoms with Gasteiger partial charge in [-0.1, -0.05) is 19.1 Å². The van der Waals surface area contributed by atoms with Crippen LogP contribution in [0.15, 0.2) is 18.2 Å². The Bertz CT molecular complexity index is 405. The third-order valence-corrected chi connectivity index (χ3v) is 2.85. The molecule has 0 aliphatic carbocycles. The Morgan fingerprint density at radius 2 is 2.17 bits per heavy atom. The van der Waals surface area contributed by atoms with Gasteiger partial charge in [0.1, 0.15) is 5.75 Å². The number of carbonyl (C=O) groups excluding carboxylic acids is 1. The SMILES string of the molecule is CNCC(C)C(=O)NCc1ccc(C)cc1OC. The molecule has 0 aliphatic rings. The lowest BCUT2D eigenvalue weighted by atomic mass is 10.1. The van der Waals surface area contributed by atoms with Crippen molar-refractivity contribution in [3.8, 4) is 5.75 Å². The number of aryl methyl sites for hydroxylation is 1. The maximum Gasteiger partial charge on any atom is 0.224 e. The van der Waals surface area contributed by atoms with Gasteiger partial charge in [0.15, 0.2) is 0 Å². The Morgan fingerprint density at radius 3 is 2.78 bits per heavy atom. The largest absolute Gasteiger partial charge is 0.496 e. The summed E-state index contributed by atoms with van der Waals surface area (Å²) >= 11 is 0. The van der Waals surface area contributed by atoms with Crippen molar-refractivity contribution in [2.24, 2.45) is 5.92 Å². The summed E-state index contributed by atoms with van der Waals surface area (Å²) in [6.45, 7) is 5.09. The van der Waals surface area contributed by atoms with Gasteiger partial charge in [0.05, 0.1) is 7.11 Å². The number of carbonyl (C=O) groups is 1. The van der Waals surface area contributed by atoms with Crippen LogP contribution in [-0.2, 0) is 11.3 Å². The number of nitrogens with one attached hydrogen (secondary N) is 2. The van der Waals surface area contributed by atoms with Gasteiger partial charge in [-0.3, -0.25) is 4.79 Å². The van der Waals surface area contributed by atoms with E-state index in [9.17, 15) is 4.79 Å². The van der Waals surface area contributed by atoms with Crippen molar-refractivity contribution in [1.29, 1.82) is 0 Å². The lowest BCUT2D eigenvalue weighted by Crippen LogP contribution is -2.33. The maximum atomic E-state index is 11.8. The van der Waals surface area contributed by atoms with Gasteiger partial charge >= 0.3 is 0 Å². The van der Waals surface area contributed by atoms with E-state index in [4.69, 9.17) is 4.74 Å². The summed E-state index contributed by atoms with van der Waals surface area (Å²) in [6, 6.07) is 5.97. The number of benzene rings is 1. The molecule has 4 nitrogen and oxygen atoms in total. The molecule has 1 atom stereocenters. The van der Waals surface area contributed by atoms with Crippen LogP contribution in [0.25, 0.3) is 0 Å². The van der Waals surface area contributed by atoms with Crippen LogP contribution in [-0.4, -0.2) is 26.6 Å². The fourth-order valence-corrected chi connectivity index (χ4v) is 1.75. The van der Waals surface area contributed by atoms with Crippen molar-refractivity contribution in [2.45, 2.75) is 20.4 Å². The van der Waals surface area contributed by atoms with E-state index < -0.39 is 0 Å². The first-order chi connectivity index (χ1) is 8.58. The van der Waals surface area contributed by atoms with Crippen LogP contribution >= 0.6 is 0 Å². The first kappa shape index (κ1) is 14.5. The molecule has 1 unspecified atom stereocenters. The van der Waals surface area contributed by atoms with Gasteiger partial charge in [0, 0.05) is 24.6 Å². The summed E-state index contributed by atoms with van der Waals surface area (Å²) in [5.74, 6) is 0.829. The summed E-state index contributed by atoms with van der Waals surface area (Å²) in [4.78, 5) is 11.8. The highest BCUT2D eigenvalue weighted by atomic mass is 16.5. The van der Waals surface area contributed by atoms with Gasteiger partial charge in [-0.25, -0.2) is 0 Å². The average molecular weight is 250 g/mol. The summed E-state index contributed by atoms with van der Waals surface area (Å²) in [5.41, 5.74) is 2.14. The predicted octanol–water partition coefficient (Wildman–Crippen LogP) is 1.48. The summed E-state index contributed by atoms with van der Waals surface area (Å²) in [5, 5.41) is 5.91.